The highest BCUT2D eigenvalue weighted by Gasteiger charge is 2.25. The maximum absolute atomic E-state index is 5.64. The van der Waals surface area contributed by atoms with Gasteiger partial charge < -0.3 is 4.74 Å². The van der Waals surface area contributed by atoms with Gasteiger partial charge in [-0.2, -0.15) is 0 Å². The van der Waals surface area contributed by atoms with E-state index in [2.05, 4.69) is 39.5 Å². The van der Waals surface area contributed by atoms with Crippen LogP contribution in [0.25, 0.3) is 0 Å². The minimum Gasteiger partial charge on any atom is -0.381 e. The predicted octanol–water partition coefficient (Wildman–Crippen LogP) is 2.28. The quantitative estimate of drug-likeness (QED) is 0.505. The van der Waals surface area contributed by atoms with Gasteiger partial charge in [0.1, 0.15) is 0 Å². The minimum atomic E-state index is 0.241. The molecular formula is C10H15IN2OS. The molecule has 0 radical (unpaired) electrons. The predicted molar refractivity (Wildman–Crippen MR) is 70.6 cm³/mol. The summed E-state index contributed by atoms with van der Waals surface area (Å²) in [5.74, 6) is 6.15. The number of hydrazine groups is 1. The summed E-state index contributed by atoms with van der Waals surface area (Å²) in [5, 5.41) is 2.18. The van der Waals surface area contributed by atoms with E-state index in [0.717, 1.165) is 19.6 Å². The van der Waals surface area contributed by atoms with E-state index in [0.29, 0.717) is 5.92 Å². The number of hydrogen-bond acceptors (Lipinski definition) is 4. The van der Waals surface area contributed by atoms with Crippen molar-refractivity contribution in [2.75, 3.05) is 13.2 Å². The highest BCUT2D eigenvalue weighted by atomic mass is 127. The fourth-order valence-corrected chi connectivity index (χ4v) is 3.43. The van der Waals surface area contributed by atoms with E-state index < -0.39 is 0 Å². The molecule has 0 amide bonds. The first-order valence-corrected chi connectivity index (χ1v) is 7.05. The number of rotatable bonds is 3. The van der Waals surface area contributed by atoms with Crippen LogP contribution in [0.4, 0.5) is 0 Å². The summed E-state index contributed by atoms with van der Waals surface area (Å²) in [4.78, 5) is 0. The molecule has 15 heavy (non-hydrogen) atoms. The first kappa shape index (κ1) is 11.8. The van der Waals surface area contributed by atoms with Crippen LogP contribution >= 0.6 is 33.9 Å². The van der Waals surface area contributed by atoms with Gasteiger partial charge >= 0.3 is 0 Å². The van der Waals surface area contributed by atoms with Crippen molar-refractivity contribution in [1.82, 2.24) is 5.43 Å². The summed E-state index contributed by atoms with van der Waals surface area (Å²) in [6, 6.07) is 2.44. The number of hydrogen-bond donors (Lipinski definition) is 2. The normalized spacial score (nSPS) is 24.0. The molecule has 1 fully saturated rings. The second-order valence-corrected chi connectivity index (χ2v) is 6.61. The molecule has 0 aliphatic carbocycles. The van der Waals surface area contributed by atoms with Gasteiger partial charge in [-0.15, -0.1) is 11.3 Å². The van der Waals surface area contributed by atoms with Crippen LogP contribution in [0.3, 0.4) is 0 Å². The van der Waals surface area contributed by atoms with Crippen LogP contribution in [-0.4, -0.2) is 13.2 Å². The fraction of sp³-hybridized carbons (Fsp3) is 0.600. The Hall–Kier alpha value is 0.310. The van der Waals surface area contributed by atoms with Crippen LogP contribution in [0.15, 0.2) is 11.4 Å². The van der Waals surface area contributed by atoms with Crippen molar-refractivity contribution in [1.29, 1.82) is 0 Å². The summed E-state index contributed by atoms with van der Waals surface area (Å²) in [6.45, 7) is 1.72. The Labute approximate surface area is 107 Å². The first-order chi connectivity index (χ1) is 7.31. The van der Waals surface area contributed by atoms with Crippen molar-refractivity contribution < 1.29 is 4.74 Å². The molecule has 5 heteroatoms. The SMILES string of the molecule is NNC(c1csc(I)c1)C1CCCOC1. The van der Waals surface area contributed by atoms with Crippen LogP contribution in [-0.2, 0) is 4.74 Å². The van der Waals surface area contributed by atoms with E-state index >= 15 is 0 Å². The van der Waals surface area contributed by atoms with Crippen LogP contribution < -0.4 is 11.3 Å². The van der Waals surface area contributed by atoms with Crippen molar-refractivity contribution in [2.45, 2.75) is 18.9 Å². The van der Waals surface area contributed by atoms with Gasteiger partial charge in [0.2, 0.25) is 0 Å². The molecule has 2 atom stereocenters. The van der Waals surface area contributed by atoms with E-state index in [4.69, 9.17) is 10.6 Å². The van der Waals surface area contributed by atoms with Crippen molar-refractivity contribution in [3.05, 3.63) is 19.9 Å². The Balaban J connectivity index is 2.08. The average Bonchev–Trinajstić information content (AvgIpc) is 2.68. The number of thiophene rings is 1. The van der Waals surface area contributed by atoms with Crippen molar-refractivity contribution in [3.63, 3.8) is 0 Å². The van der Waals surface area contributed by atoms with Crippen LogP contribution in [0.1, 0.15) is 24.4 Å². The molecular weight excluding hydrogens is 323 g/mol. The fourth-order valence-electron chi connectivity index (χ4n) is 2.02. The lowest BCUT2D eigenvalue weighted by Gasteiger charge is -2.29. The molecule has 2 heterocycles. The number of nitrogens with two attached hydrogens (primary N) is 1. The summed E-state index contributed by atoms with van der Waals surface area (Å²) < 4.78 is 6.80. The number of nitrogens with one attached hydrogen (secondary N) is 1. The summed E-state index contributed by atoms with van der Waals surface area (Å²) in [5.41, 5.74) is 4.22. The third-order valence-electron chi connectivity index (χ3n) is 2.79. The average molecular weight is 338 g/mol. The summed E-state index contributed by atoms with van der Waals surface area (Å²) in [6.07, 6.45) is 2.34. The Kier molecular flexibility index (Phi) is 4.39. The monoisotopic (exact) mass is 338 g/mol. The van der Waals surface area contributed by atoms with Crippen LogP contribution in [0.2, 0.25) is 0 Å². The molecule has 2 rings (SSSR count). The lowest BCUT2D eigenvalue weighted by molar-refractivity contribution is 0.0391. The third kappa shape index (κ3) is 2.91. The van der Waals surface area contributed by atoms with Gasteiger partial charge in [-0.05, 0) is 52.4 Å². The van der Waals surface area contributed by atoms with Crippen LogP contribution in [0.5, 0.6) is 0 Å². The van der Waals surface area contributed by atoms with Crippen molar-refractivity contribution in [3.8, 4) is 0 Å². The molecule has 3 nitrogen and oxygen atoms in total. The van der Waals surface area contributed by atoms with Gasteiger partial charge in [-0.1, -0.05) is 0 Å². The molecule has 3 N–H and O–H groups in total. The summed E-state index contributed by atoms with van der Waals surface area (Å²) in [7, 11) is 0. The number of ether oxygens (including phenoxy) is 1. The highest BCUT2D eigenvalue weighted by Crippen LogP contribution is 2.31. The largest absolute Gasteiger partial charge is 0.381 e. The lowest BCUT2D eigenvalue weighted by atomic mass is 9.90. The van der Waals surface area contributed by atoms with Gasteiger partial charge in [0.15, 0.2) is 0 Å². The molecule has 1 saturated heterocycles. The smallest absolute Gasteiger partial charge is 0.0656 e. The Morgan fingerprint density at radius 1 is 1.67 bits per heavy atom. The molecule has 0 bridgehead atoms. The van der Waals surface area contributed by atoms with E-state index in [1.807, 2.05) is 0 Å². The van der Waals surface area contributed by atoms with E-state index in [1.165, 1.54) is 14.9 Å². The van der Waals surface area contributed by atoms with Gasteiger partial charge in [-0.3, -0.25) is 11.3 Å². The molecule has 1 aliphatic rings. The van der Waals surface area contributed by atoms with E-state index in [-0.39, 0.29) is 6.04 Å². The molecule has 1 aliphatic heterocycles. The molecule has 84 valence electrons. The molecule has 0 aromatic carbocycles. The zero-order valence-corrected chi connectivity index (χ0v) is 11.4. The zero-order chi connectivity index (χ0) is 10.7. The molecule has 0 spiro atoms. The van der Waals surface area contributed by atoms with Gasteiger partial charge in [0, 0.05) is 12.5 Å². The van der Waals surface area contributed by atoms with Crippen molar-refractivity contribution in [2.24, 2.45) is 11.8 Å². The maximum atomic E-state index is 5.64. The highest BCUT2D eigenvalue weighted by molar-refractivity contribution is 14.1. The second-order valence-electron chi connectivity index (χ2n) is 3.81. The lowest BCUT2D eigenvalue weighted by Crippen LogP contribution is -2.37. The van der Waals surface area contributed by atoms with Gasteiger partial charge in [0.25, 0.3) is 0 Å². The Morgan fingerprint density at radius 2 is 2.53 bits per heavy atom. The zero-order valence-electron chi connectivity index (χ0n) is 8.41. The first-order valence-electron chi connectivity index (χ1n) is 5.09. The van der Waals surface area contributed by atoms with Crippen LogP contribution in [0, 0.1) is 8.80 Å². The Bertz CT molecular complexity index is 312. The molecule has 1 aromatic heterocycles. The van der Waals surface area contributed by atoms with E-state index in [9.17, 15) is 0 Å². The maximum Gasteiger partial charge on any atom is 0.0656 e. The number of halogens is 1. The Morgan fingerprint density at radius 3 is 3.07 bits per heavy atom. The second kappa shape index (κ2) is 5.58. The summed E-state index contributed by atoms with van der Waals surface area (Å²) >= 11 is 4.10. The molecule has 1 aromatic rings. The minimum absolute atomic E-state index is 0.241. The van der Waals surface area contributed by atoms with Crippen molar-refractivity contribution >= 4 is 33.9 Å². The van der Waals surface area contributed by atoms with E-state index in [1.54, 1.807) is 11.3 Å². The third-order valence-corrected chi connectivity index (χ3v) is 4.60. The standard InChI is InChI=1S/C10H15IN2OS/c11-9-4-8(6-15-9)10(13-12)7-2-1-3-14-5-7/h4,6-7,10,13H,1-3,5,12H2. The topological polar surface area (TPSA) is 47.3 Å². The molecule has 0 saturated carbocycles. The van der Waals surface area contributed by atoms with Gasteiger partial charge in [-0.25, -0.2) is 0 Å². The van der Waals surface area contributed by atoms with Gasteiger partial charge in [0.05, 0.1) is 15.5 Å². The molecule has 2 unspecified atom stereocenters.